The van der Waals surface area contributed by atoms with Gasteiger partial charge in [-0.2, -0.15) is 0 Å². The molecule has 0 aliphatic carbocycles. The van der Waals surface area contributed by atoms with Crippen molar-refractivity contribution in [3.8, 4) is 11.1 Å². The third kappa shape index (κ3) is 6.91. The Hall–Kier alpha value is -3.20. The lowest BCUT2D eigenvalue weighted by Crippen LogP contribution is -2.25. The van der Waals surface area contributed by atoms with Crippen LogP contribution < -0.4 is 5.73 Å². The second kappa shape index (κ2) is 12.5. The molecular weight excluding hydrogens is 426 g/mol. The fourth-order valence-electron chi connectivity index (χ4n) is 4.84. The quantitative estimate of drug-likeness (QED) is 0.325. The molecule has 2 aromatic carbocycles. The largest absolute Gasteiger partial charge is 0.402 e. The number of hydrogen-bond donors (Lipinski definition) is 1. The predicted molar refractivity (Wildman–Crippen MR) is 154 cm³/mol. The number of hydrogen-bond acceptors (Lipinski definition) is 3. The second-order valence-corrected chi connectivity index (χ2v) is 9.73. The Bertz CT molecular complexity index is 1060. The minimum absolute atomic E-state index is 0.631. The van der Waals surface area contributed by atoms with Gasteiger partial charge in [-0.25, -0.2) is 0 Å². The highest BCUT2D eigenvalue weighted by Crippen LogP contribution is 2.29. The molecule has 1 fully saturated rings. The molecule has 0 radical (unpaired) electrons. The normalized spacial score (nSPS) is 13.7. The summed E-state index contributed by atoms with van der Waals surface area (Å²) in [5, 5.41) is 0. The van der Waals surface area contributed by atoms with E-state index in [4.69, 9.17) is 5.73 Å². The number of rotatable bonds is 12. The van der Waals surface area contributed by atoms with E-state index in [1.807, 2.05) is 0 Å². The Morgan fingerprint density at radius 1 is 0.943 bits per heavy atom. The van der Waals surface area contributed by atoms with Crippen molar-refractivity contribution in [3.63, 3.8) is 0 Å². The Balaban J connectivity index is 1.83. The van der Waals surface area contributed by atoms with Crippen molar-refractivity contribution in [2.75, 3.05) is 26.2 Å². The topological polar surface area (TPSA) is 32.5 Å². The first-order valence-corrected chi connectivity index (χ1v) is 13.1. The molecule has 2 aromatic rings. The molecule has 0 spiro atoms. The standard InChI is InChI=1S/C32H43N3/c1-7-17-34(18-8-2)27(6)32(22-25(4)33)23-30-15-16-31(21-24(30)3)29-13-11-28(12-14-29)26(5)35-19-9-10-20-35/h11-16,21,23H,4-10,17-20,22,33H2,1-3H3/b32-23+. The lowest BCUT2D eigenvalue weighted by Gasteiger charge is -2.28. The van der Waals surface area contributed by atoms with E-state index in [-0.39, 0.29) is 0 Å². The van der Waals surface area contributed by atoms with Gasteiger partial charge < -0.3 is 15.5 Å². The molecule has 3 heteroatoms. The van der Waals surface area contributed by atoms with Crippen LogP contribution in [0.5, 0.6) is 0 Å². The molecule has 3 rings (SSSR count). The average molecular weight is 470 g/mol. The van der Waals surface area contributed by atoms with Crippen molar-refractivity contribution in [1.82, 2.24) is 9.80 Å². The van der Waals surface area contributed by atoms with Gasteiger partial charge in [0.2, 0.25) is 0 Å². The maximum absolute atomic E-state index is 6.04. The molecule has 0 aromatic heterocycles. The van der Waals surface area contributed by atoms with Gasteiger partial charge in [0, 0.05) is 49.7 Å². The highest BCUT2D eigenvalue weighted by molar-refractivity contribution is 5.72. The van der Waals surface area contributed by atoms with E-state index in [9.17, 15) is 0 Å². The minimum atomic E-state index is 0.631. The van der Waals surface area contributed by atoms with Crippen molar-refractivity contribution in [3.05, 3.63) is 95.9 Å². The molecule has 2 N–H and O–H groups in total. The van der Waals surface area contributed by atoms with Gasteiger partial charge in [0.25, 0.3) is 0 Å². The summed E-state index contributed by atoms with van der Waals surface area (Å²) in [5.74, 6) is 0. The summed E-state index contributed by atoms with van der Waals surface area (Å²) in [7, 11) is 0. The van der Waals surface area contributed by atoms with Gasteiger partial charge in [-0.1, -0.05) is 76.0 Å². The summed E-state index contributed by atoms with van der Waals surface area (Å²) < 4.78 is 0. The third-order valence-corrected chi connectivity index (χ3v) is 6.80. The smallest absolute Gasteiger partial charge is 0.0366 e. The molecule has 0 atom stereocenters. The van der Waals surface area contributed by atoms with Crippen molar-refractivity contribution in [2.24, 2.45) is 5.73 Å². The number of allylic oxidation sites excluding steroid dienone is 2. The van der Waals surface area contributed by atoms with Gasteiger partial charge in [-0.05, 0) is 72.1 Å². The van der Waals surface area contributed by atoms with Crippen LogP contribution in [-0.4, -0.2) is 36.0 Å². The Kier molecular flexibility index (Phi) is 9.42. The van der Waals surface area contributed by atoms with Gasteiger partial charge in [0.15, 0.2) is 0 Å². The summed E-state index contributed by atoms with van der Waals surface area (Å²) in [6, 6.07) is 15.5. The molecule has 1 aliphatic heterocycles. The van der Waals surface area contributed by atoms with E-state index < -0.39 is 0 Å². The summed E-state index contributed by atoms with van der Waals surface area (Å²) in [6.45, 7) is 23.6. The Morgan fingerprint density at radius 2 is 1.54 bits per heavy atom. The molecule has 0 saturated carbocycles. The molecule has 186 valence electrons. The van der Waals surface area contributed by atoms with Crippen molar-refractivity contribution < 1.29 is 0 Å². The molecule has 1 saturated heterocycles. The Labute approximate surface area is 213 Å². The van der Waals surface area contributed by atoms with Crippen LogP contribution in [0.1, 0.15) is 62.6 Å². The third-order valence-electron chi connectivity index (χ3n) is 6.80. The van der Waals surface area contributed by atoms with E-state index >= 15 is 0 Å². The monoisotopic (exact) mass is 469 g/mol. The molecule has 35 heavy (non-hydrogen) atoms. The number of benzene rings is 2. The van der Waals surface area contributed by atoms with Crippen LogP contribution >= 0.6 is 0 Å². The number of nitrogens with two attached hydrogens (primary N) is 1. The van der Waals surface area contributed by atoms with Gasteiger partial charge in [0.1, 0.15) is 0 Å². The minimum Gasteiger partial charge on any atom is -0.402 e. The van der Waals surface area contributed by atoms with Gasteiger partial charge in [-0.15, -0.1) is 0 Å². The zero-order chi connectivity index (χ0) is 25.4. The van der Waals surface area contributed by atoms with Crippen LogP contribution in [0.25, 0.3) is 22.9 Å². The summed E-state index contributed by atoms with van der Waals surface area (Å²) in [5.41, 5.74) is 16.1. The van der Waals surface area contributed by atoms with Crippen LogP contribution in [0, 0.1) is 6.92 Å². The maximum Gasteiger partial charge on any atom is 0.0366 e. The highest BCUT2D eigenvalue weighted by Gasteiger charge is 2.15. The van der Waals surface area contributed by atoms with E-state index in [1.54, 1.807) is 0 Å². The lowest BCUT2D eigenvalue weighted by atomic mass is 9.96. The molecule has 0 unspecified atom stereocenters. The predicted octanol–water partition coefficient (Wildman–Crippen LogP) is 7.61. The second-order valence-electron chi connectivity index (χ2n) is 9.73. The van der Waals surface area contributed by atoms with Crippen molar-refractivity contribution in [2.45, 2.75) is 52.9 Å². The van der Waals surface area contributed by atoms with Crippen molar-refractivity contribution >= 4 is 11.8 Å². The SMILES string of the molecule is C=C(N)C/C(=C\c1ccc(-c2ccc(C(=C)N3CCCC3)cc2)cc1C)C(=C)N(CCC)CCC. The van der Waals surface area contributed by atoms with Crippen molar-refractivity contribution in [1.29, 1.82) is 0 Å². The van der Waals surface area contributed by atoms with Gasteiger partial charge >= 0.3 is 0 Å². The zero-order valence-corrected chi connectivity index (χ0v) is 22.1. The van der Waals surface area contributed by atoms with E-state index in [0.717, 1.165) is 56.0 Å². The molecule has 1 heterocycles. The molecule has 0 amide bonds. The van der Waals surface area contributed by atoms with E-state index in [0.29, 0.717) is 12.1 Å². The fourth-order valence-corrected chi connectivity index (χ4v) is 4.84. The number of likely N-dealkylation sites (tertiary alicyclic amines) is 1. The number of nitrogens with zero attached hydrogens (tertiary/aromatic N) is 2. The van der Waals surface area contributed by atoms with Crippen LogP contribution in [-0.2, 0) is 0 Å². The zero-order valence-electron chi connectivity index (χ0n) is 22.1. The van der Waals surface area contributed by atoms with Crippen LogP contribution in [0.3, 0.4) is 0 Å². The first-order valence-electron chi connectivity index (χ1n) is 13.1. The fraction of sp³-hybridized carbons (Fsp3) is 0.375. The highest BCUT2D eigenvalue weighted by atomic mass is 15.1. The lowest BCUT2D eigenvalue weighted by molar-refractivity contribution is 0.351. The first kappa shape index (κ1) is 26.4. The van der Waals surface area contributed by atoms with Crippen LogP contribution in [0.2, 0.25) is 0 Å². The maximum atomic E-state index is 6.04. The van der Waals surface area contributed by atoms with Gasteiger partial charge in [-0.3, -0.25) is 0 Å². The molecule has 0 bridgehead atoms. The molecular formula is C32H43N3. The van der Waals surface area contributed by atoms with Crippen LogP contribution in [0.4, 0.5) is 0 Å². The average Bonchev–Trinajstić information content (AvgIpc) is 3.38. The molecule has 3 nitrogen and oxygen atoms in total. The Morgan fingerprint density at radius 3 is 2.09 bits per heavy atom. The van der Waals surface area contributed by atoms with Crippen LogP contribution in [0.15, 0.2) is 79.2 Å². The van der Waals surface area contributed by atoms with E-state index in [1.165, 1.54) is 40.7 Å². The summed E-state index contributed by atoms with van der Waals surface area (Å²) in [6.07, 6.45) is 7.58. The van der Waals surface area contributed by atoms with E-state index in [2.05, 4.69) is 98.8 Å². The summed E-state index contributed by atoms with van der Waals surface area (Å²) >= 11 is 0. The summed E-state index contributed by atoms with van der Waals surface area (Å²) in [4.78, 5) is 4.76. The van der Waals surface area contributed by atoms with Gasteiger partial charge in [0.05, 0.1) is 0 Å². The molecule has 1 aliphatic rings. The first-order chi connectivity index (χ1) is 16.8. The number of aryl methyl sites for hydroxylation is 1.